The van der Waals surface area contributed by atoms with Gasteiger partial charge in [-0.25, -0.2) is 0 Å². The number of benzene rings is 2. The van der Waals surface area contributed by atoms with Crippen molar-refractivity contribution in [2.75, 3.05) is 5.75 Å². The molecule has 5 heteroatoms. The van der Waals surface area contributed by atoms with Gasteiger partial charge in [-0.3, -0.25) is 4.79 Å². The minimum Gasteiger partial charge on any atom is -0.452 e. The van der Waals surface area contributed by atoms with Crippen molar-refractivity contribution in [3.8, 4) is 11.1 Å². The summed E-state index contributed by atoms with van der Waals surface area (Å²) in [7, 11) is 0. The van der Waals surface area contributed by atoms with E-state index in [4.69, 9.17) is 9.26 Å². The molecule has 1 heterocycles. The van der Waals surface area contributed by atoms with E-state index in [9.17, 15) is 4.79 Å². The summed E-state index contributed by atoms with van der Waals surface area (Å²) in [5.74, 6) is 1.58. The molecule has 0 radical (unpaired) electrons. The van der Waals surface area contributed by atoms with Crippen molar-refractivity contribution in [1.29, 1.82) is 0 Å². The van der Waals surface area contributed by atoms with E-state index >= 15 is 0 Å². The highest BCUT2D eigenvalue weighted by molar-refractivity contribution is 7.99. The fraction of sp³-hybridized carbons (Fsp3) is 0.238. The van der Waals surface area contributed by atoms with Gasteiger partial charge >= 0.3 is 5.97 Å². The Balaban J connectivity index is 1.45. The first-order chi connectivity index (χ1) is 12.6. The SMILES string of the molecule is Cc1noc(C)c1CSCC(=O)OC1c2ccccc2-c2ccccc21. The van der Waals surface area contributed by atoms with Crippen LogP contribution in [-0.2, 0) is 15.3 Å². The second kappa shape index (κ2) is 7.00. The molecule has 0 unspecified atom stereocenters. The van der Waals surface area contributed by atoms with Crippen molar-refractivity contribution in [3.05, 3.63) is 76.7 Å². The highest BCUT2D eigenvalue weighted by atomic mass is 32.2. The van der Waals surface area contributed by atoms with Crippen LogP contribution in [-0.4, -0.2) is 16.9 Å². The molecule has 0 spiro atoms. The molecule has 3 aromatic rings. The quantitative estimate of drug-likeness (QED) is 0.606. The molecule has 0 saturated heterocycles. The fourth-order valence-electron chi connectivity index (χ4n) is 3.35. The van der Waals surface area contributed by atoms with Gasteiger partial charge in [-0.1, -0.05) is 53.7 Å². The van der Waals surface area contributed by atoms with Gasteiger partial charge in [0.25, 0.3) is 0 Å². The molecule has 2 aromatic carbocycles. The number of ether oxygens (including phenoxy) is 1. The minimum absolute atomic E-state index is 0.210. The van der Waals surface area contributed by atoms with Crippen molar-refractivity contribution >= 4 is 17.7 Å². The molecular formula is C21H19NO3S. The zero-order chi connectivity index (χ0) is 18.1. The van der Waals surface area contributed by atoms with Crippen molar-refractivity contribution in [2.45, 2.75) is 25.7 Å². The number of hydrogen-bond acceptors (Lipinski definition) is 5. The molecule has 0 amide bonds. The smallest absolute Gasteiger partial charge is 0.316 e. The van der Waals surface area contributed by atoms with Crippen molar-refractivity contribution in [3.63, 3.8) is 0 Å². The van der Waals surface area contributed by atoms with E-state index in [1.807, 2.05) is 50.2 Å². The van der Waals surface area contributed by atoms with Crippen LogP contribution in [0, 0.1) is 13.8 Å². The maximum absolute atomic E-state index is 12.4. The van der Waals surface area contributed by atoms with Crippen LogP contribution >= 0.6 is 11.8 Å². The minimum atomic E-state index is -0.324. The zero-order valence-corrected chi connectivity index (χ0v) is 15.5. The summed E-state index contributed by atoms with van der Waals surface area (Å²) in [6.45, 7) is 3.80. The molecular weight excluding hydrogens is 346 g/mol. The van der Waals surface area contributed by atoms with Crippen molar-refractivity contribution in [2.24, 2.45) is 0 Å². The van der Waals surface area contributed by atoms with Crippen LogP contribution in [0.4, 0.5) is 0 Å². The molecule has 0 bridgehead atoms. The van der Waals surface area contributed by atoms with Crippen LogP contribution in [0.15, 0.2) is 53.1 Å². The van der Waals surface area contributed by atoms with E-state index in [2.05, 4.69) is 17.3 Å². The Kier molecular flexibility index (Phi) is 4.55. The van der Waals surface area contributed by atoms with E-state index in [1.54, 1.807) is 0 Å². The summed E-state index contributed by atoms with van der Waals surface area (Å²) in [6.07, 6.45) is -0.324. The summed E-state index contributed by atoms with van der Waals surface area (Å²) >= 11 is 1.52. The van der Waals surface area contributed by atoms with Crippen LogP contribution in [0.25, 0.3) is 11.1 Å². The molecule has 1 aliphatic rings. The van der Waals surface area contributed by atoms with Gasteiger partial charge in [0.1, 0.15) is 5.76 Å². The Labute approximate surface area is 156 Å². The predicted molar refractivity (Wildman–Crippen MR) is 102 cm³/mol. The lowest BCUT2D eigenvalue weighted by Gasteiger charge is -2.15. The number of aromatic nitrogens is 1. The largest absolute Gasteiger partial charge is 0.452 e. The highest BCUT2D eigenvalue weighted by Crippen LogP contribution is 2.45. The monoisotopic (exact) mass is 365 g/mol. The summed E-state index contributed by atoms with van der Waals surface area (Å²) in [4.78, 5) is 12.4. The van der Waals surface area contributed by atoms with Gasteiger partial charge in [0.15, 0.2) is 6.10 Å². The summed E-state index contributed by atoms with van der Waals surface area (Å²) in [6, 6.07) is 16.2. The Hall–Kier alpha value is -2.53. The molecule has 0 aliphatic heterocycles. The molecule has 0 saturated carbocycles. The van der Waals surface area contributed by atoms with E-state index < -0.39 is 0 Å². The number of esters is 1. The fourth-order valence-corrected chi connectivity index (χ4v) is 4.30. The molecule has 0 atom stereocenters. The Morgan fingerprint density at radius 2 is 1.69 bits per heavy atom. The van der Waals surface area contributed by atoms with Gasteiger partial charge < -0.3 is 9.26 Å². The topological polar surface area (TPSA) is 52.3 Å². The predicted octanol–water partition coefficient (Wildman–Crippen LogP) is 4.84. The first-order valence-corrected chi connectivity index (χ1v) is 9.68. The van der Waals surface area contributed by atoms with Gasteiger partial charge in [0.2, 0.25) is 0 Å². The maximum atomic E-state index is 12.4. The summed E-state index contributed by atoms with van der Waals surface area (Å²) in [5.41, 5.74) is 6.32. The lowest BCUT2D eigenvalue weighted by atomic mass is 10.1. The molecule has 4 nitrogen and oxygen atoms in total. The number of aryl methyl sites for hydroxylation is 2. The number of carbonyl (C=O) groups is 1. The normalized spacial score (nSPS) is 12.7. The lowest BCUT2D eigenvalue weighted by Crippen LogP contribution is -2.12. The van der Waals surface area contributed by atoms with Gasteiger partial charge in [-0.15, -0.1) is 11.8 Å². The first-order valence-electron chi connectivity index (χ1n) is 8.52. The third-order valence-electron chi connectivity index (χ3n) is 4.67. The third kappa shape index (κ3) is 3.03. The second-order valence-corrected chi connectivity index (χ2v) is 7.33. The average molecular weight is 365 g/mol. The van der Waals surface area contributed by atoms with Crippen molar-refractivity contribution < 1.29 is 14.1 Å². The summed E-state index contributed by atoms with van der Waals surface area (Å²) in [5, 5.41) is 3.94. The Morgan fingerprint density at radius 3 is 2.27 bits per heavy atom. The number of thioether (sulfide) groups is 1. The number of hydrogen-bond donors (Lipinski definition) is 0. The van der Waals surface area contributed by atoms with E-state index in [-0.39, 0.29) is 12.1 Å². The number of fused-ring (bicyclic) bond motifs is 3. The molecule has 4 rings (SSSR count). The lowest BCUT2D eigenvalue weighted by molar-refractivity contribution is -0.144. The Morgan fingerprint density at radius 1 is 1.08 bits per heavy atom. The van der Waals surface area contributed by atoms with Crippen LogP contribution in [0.5, 0.6) is 0 Å². The van der Waals surface area contributed by atoms with Crippen LogP contribution in [0.3, 0.4) is 0 Å². The van der Waals surface area contributed by atoms with Crippen LogP contribution in [0.2, 0.25) is 0 Å². The maximum Gasteiger partial charge on any atom is 0.316 e. The van der Waals surface area contributed by atoms with Crippen LogP contribution < -0.4 is 0 Å². The van der Waals surface area contributed by atoms with E-state index in [0.717, 1.165) is 39.3 Å². The van der Waals surface area contributed by atoms with Gasteiger partial charge in [-0.2, -0.15) is 0 Å². The molecule has 26 heavy (non-hydrogen) atoms. The van der Waals surface area contributed by atoms with E-state index in [1.165, 1.54) is 11.8 Å². The summed E-state index contributed by atoms with van der Waals surface area (Å²) < 4.78 is 11.0. The zero-order valence-electron chi connectivity index (χ0n) is 14.7. The highest BCUT2D eigenvalue weighted by Gasteiger charge is 2.30. The second-order valence-electron chi connectivity index (χ2n) is 6.34. The number of carbonyl (C=O) groups excluding carboxylic acids is 1. The average Bonchev–Trinajstić information content (AvgIpc) is 3.14. The van der Waals surface area contributed by atoms with Crippen molar-refractivity contribution in [1.82, 2.24) is 5.16 Å². The molecule has 1 aromatic heterocycles. The standard InChI is InChI=1S/C21H19NO3S/c1-13-19(14(2)25-22-13)11-26-12-20(23)24-21-17-9-5-3-7-15(17)16-8-4-6-10-18(16)21/h3-10,21H,11-12H2,1-2H3. The van der Waals surface area contributed by atoms with Crippen LogP contribution in [0.1, 0.15) is 34.2 Å². The molecule has 0 fully saturated rings. The van der Waals surface area contributed by atoms with E-state index in [0.29, 0.717) is 11.5 Å². The first kappa shape index (κ1) is 16.9. The number of rotatable bonds is 5. The van der Waals surface area contributed by atoms with Gasteiger partial charge in [0, 0.05) is 22.4 Å². The van der Waals surface area contributed by atoms with Gasteiger partial charge in [-0.05, 0) is 25.0 Å². The number of nitrogens with zero attached hydrogens (tertiary/aromatic N) is 1. The molecule has 1 aliphatic carbocycles. The molecule has 132 valence electrons. The Bertz CT molecular complexity index is 898. The molecule has 0 N–H and O–H groups in total. The third-order valence-corrected chi connectivity index (χ3v) is 5.61. The van der Waals surface area contributed by atoms with Gasteiger partial charge in [0.05, 0.1) is 11.4 Å².